The lowest BCUT2D eigenvalue weighted by Crippen LogP contribution is -2.38. The van der Waals surface area contributed by atoms with Crippen molar-refractivity contribution in [2.75, 3.05) is 43.1 Å². The maximum atomic E-state index is 13.2. The van der Waals surface area contributed by atoms with Crippen molar-refractivity contribution in [2.45, 2.75) is 6.61 Å². The maximum absolute atomic E-state index is 13.2. The van der Waals surface area contributed by atoms with E-state index in [2.05, 4.69) is 26.1 Å². The van der Waals surface area contributed by atoms with Gasteiger partial charge in [-0.3, -0.25) is 19.3 Å². The first-order chi connectivity index (χ1) is 19.0. The number of anilines is 2. The van der Waals surface area contributed by atoms with Gasteiger partial charge < -0.3 is 19.7 Å². The first kappa shape index (κ1) is 27.0. The topological polar surface area (TPSA) is 88.2 Å². The number of rotatable bonds is 8. The highest BCUT2D eigenvalue weighted by Crippen LogP contribution is 2.35. The zero-order valence-electron chi connectivity index (χ0n) is 21.0. The van der Waals surface area contributed by atoms with E-state index >= 15 is 0 Å². The molecule has 2 aliphatic heterocycles. The number of benzene rings is 3. The molecular formula is C29H26BrN3O5S. The predicted octanol–water partition coefficient (Wildman–Crippen LogP) is 5.54. The molecule has 0 bridgehead atoms. The number of hydrogen-bond acceptors (Lipinski definition) is 7. The van der Waals surface area contributed by atoms with E-state index in [1.54, 1.807) is 12.1 Å². The fourth-order valence-corrected chi connectivity index (χ4v) is 5.48. The number of halogens is 1. The Morgan fingerprint density at radius 1 is 1.03 bits per heavy atom. The first-order valence-electron chi connectivity index (χ1n) is 12.4. The molecule has 5 rings (SSSR count). The quantitative estimate of drug-likeness (QED) is 0.336. The minimum Gasteiger partial charge on any atom is -0.488 e. The van der Waals surface area contributed by atoms with E-state index in [9.17, 15) is 14.4 Å². The van der Waals surface area contributed by atoms with Crippen LogP contribution in [0.5, 0.6) is 5.75 Å². The van der Waals surface area contributed by atoms with E-state index in [1.807, 2.05) is 66.7 Å². The predicted molar refractivity (Wildman–Crippen MR) is 156 cm³/mol. The van der Waals surface area contributed by atoms with Gasteiger partial charge in [-0.25, -0.2) is 0 Å². The molecule has 2 saturated heterocycles. The standard InChI is InChI=1S/C29H26BrN3O5S/c30-22-10-11-25(38-19-20-6-2-1-3-7-20)21(16-22)17-26-28(35)33(29(36)39-26)18-27(34)31-23-8-4-5-9-24(23)32-12-14-37-15-13-32/h1-11,16-17H,12-15,18-19H2,(H,31,34)/b26-17-. The van der Waals surface area contributed by atoms with Crippen LogP contribution in [-0.4, -0.2) is 54.8 Å². The zero-order valence-corrected chi connectivity index (χ0v) is 23.4. The van der Waals surface area contributed by atoms with Gasteiger partial charge >= 0.3 is 0 Å². The second-order valence-corrected chi connectivity index (χ2v) is 10.8. The van der Waals surface area contributed by atoms with Crippen LogP contribution in [0.3, 0.4) is 0 Å². The number of carbonyl (C=O) groups excluding carboxylic acids is 3. The van der Waals surface area contributed by atoms with Gasteiger partial charge in [-0.2, -0.15) is 0 Å². The van der Waals surface area contributed by atoms with Gasteiger partial charge in [0.05, 0.1) is 29.5 Å². The van der Waals surface area contributed by atoms with Crippen LogP contribution in [0.15, 0.2) is 82.2 Å². The van der Waals surface area contributed by atoms with Crippen LogP contribution in [0, 0.1) is 0 Å². The van der Waals surface area contributed by atoms with Crippen molar-refractivity contribution in [3.05, 3.63) is 93.3 Å². The second kappa shape index (κ2) is 12.5. The largest absolute Gasteiger partial charge is 0.488 e. The zero-order chi connectivity index (χ0) is 27.2. The van der Waals surface area contributed by atoms with Crippen LogP contribution >= 0.6 is 27.7 Å². The van der Waals surface area contributed by atoms with Crippen LogP contribution in [0.4, 0.5) is 16.2 Å². The van der Waals surface area contributed by atoms with Crippen molar-refractivity contribution in [1.29, 1.82) is 0 Å². The Kier molecular flexibility index (Phi) is 8.65. The molecule has 39 heavy (non-hydrogen) atoms. The summed E-state index contributed by atoms with van der Waals surface area (Å²) in [5.41, 5.74) is 3.16. The van der Waals surface area contributed by atoms with Gasteiger partial charge in [-0.15, -0.1) is 0 Å². The summed E-state index contributed by atoms with van der Waals surface area (Å²) in [5, 5.41) is 2.37. The molecule has 200 valence electrons. The highest BCUT2D eigenvalue weighted by atomic mass is 79.9. The molecule has 0 radical (unpaired) electrons. The second-order valence-electron chi connectivity index (χ2n) is 8.89. The number of thioether (sulfide) groups is 1. The highest BCUT2D eigenvalue weighted by molar-refractivity contribution is 9.10. The molecule has 2 fully saturated rings. The van der Waals surface area contributed by atoms with Gasteiger partial charge in [0.2, 0.25) is 5.91 Å². The van der Waals surface area contributed by atoms with Crippen molar-refractivity contribution in [3.8, 4) is 5.75 Å². The number of carbonyl (C=O) groups is 3. The molecule has 0 aliphatic carbocycles. The molecule has 1 N–H and O–H groups in total. The average Bonchev–Trinajstić information content (AvgIpc) is 3.21. The SMILES string of the molecule is O=C(CN1C(=O)S/C(=C\c2cc(Br)ccc2OCc2ccccc2)C1=O)Nc1ccccc1N1CCOCC1. The van der Waals surface area contributed by atoms with E-state index in [0.29, 0.717) is 49.9 Å². The van der Waals surface area contributed by atoms with Gasteiger partial charge in [-0.1, -0.05) is 58.4 Å². The first-order valence-corrected chi connectivity index (χ1v) is 14.0. The van der Waals surface area contributed by atoms with Crippen molar-refractivity contribution in [1.82, 2.24) is 4.90 Å². The number of morpholine rings is 1. The molecular weight excluding hydrogens is 582 g/mol. The molecule has 2 aliphatic rings. The Morgan fingerprint density at radius 3 is 2.56 bits per heavy atom. The molecule has 8 nitrogen and oxygen atoms in total. The Hall–Kier alpha value is -3.60. The summed E-state index contributed by atoms with van der Waals surface area (Å²) in [5.74, 6) is -0.393. The summed E-state index contributed by atoms with van der Waals surface area (Å²) in [7, 11) is 0. The maximum Gasteiger partial charge on any atom is 0.294 e. The third kappa shape index (κ3) is 6.70. The van der Waals surface area contributed by atoms with E-state index < -0.39 is 17.1 Å². The molecule has 10 heteroatoms. The monoisotopic (exact) mass is 607 g/mol. The molecule has 0 unspecified atom stereocenters. The van der Waals surface area contributed by atoms with Gasteiger partial charge in [0.1, 0.15) is 18.9 Å². The minimum atomic E-state index is -0.518. The molecule has 0 atom stereocenters. The van der Waals surface area contributed by atoms with E-state index in [0.717, 1.165) is 32.4 Å². The van der Waals surface area contributed by atoms with Crippen LogP contribution in [-0.2, 0) is 20.9 Å². The summed E-state index contributed by atoms with van der Waals surface area (Å²) in [4.78, 5) is 42.1. The van der Waals surface area contributed by atoms with Crippen molar-refractivity contribution in [3.63, 3.8) is 0 Å². The molecule has 0 spiro atoms. The van der Waals surface area contributed by atoms with Crippen molar-refractivity contribution in [2.24, 2.45) is 0 Å². The van der Waals surface area contributed by atoms with Crippen LogP contribution < -0.4 is 15.0 Å². The number of hydrogen-bond donors (Lipinski definition) is 1. The van der Waals surface area contributed by atoms with Gasteiger partial charge in [-0.05, 0) is 53.7 Å². The Balaban J connectivity index is 1.28. The molecule has 3 amide bonds. The third-order valence-electron chi connectivity index (χ3n) is 6.20. The summed E-state index contributed by atoms with van der Waals surface area (Å²) >= 11 is 4.27. The van der Waals surface area contributed by atoms with Crippen LogP contribution in [0.2, 0.25) is 0 Å². The minimum absolute atomic E-state index is 0.226. The summed E-state index contributed by atoms with van der Waals surface area (Å²) in [6.07, 6.45) is 1.63. The molecule has 3 aromatic carbocycles. The number of nitrogens with one attached hydrogen (secondary N) is 1. The van der Waals surface area contributed by atoms with E-state index in [-0.39, 0.29) is 11.4 Å². The Morgan fingerprint density at radius 2 is 1.77 bits per heavy atom. The fourth-order valence-electron chi connectivity index (χ4n) is 4.27. The van der Waals surface area contributed by atoms with Crippen molar-refractivity contribution >= 4 is 62.2 Å². The molecule has 2 heterocycles. The van der Waals surface area contributed by atoms with Crippen molar-refractivity contribution < 1.29 is 23.9 Å². The number of para-hydroxylation sites is 2. The summed E-state index contributed by atoms with van der Waals surface area (Å²) in [6.45, 7) is 2.64. The average molecular weight is 609 g/mol. The lowest BCUT2D eigenvalue weighted by Gasteiger charge is -2.30. The number of ether oxygens (including phenoxy) is 2. The Bertz CT molecular complexity index is 1410. The van der Waals surface area contributed by atoms with E-state index in [4.69, 9.17) is 9.47 Å². The molecule has 0 aromatic heterocycles. The molecule has 0 saturated carbocycles. The third-order valence-corrected chi connectivity index (χ3v) is 7.60. The normalized spacial score (nSPS) is 16.6. The van der Waals surface area contributed by atoms with Gasteiger partial charge in [0.25, 0.3) is 11.1 Å². The lowest BCUT2D eigenvalue weighted by molar-refractivity contribution is -0.127. The molecule has 3 aromatic rings. The Labute approximate surface area is 239 Å². The lowest BCUT2D eigenvalue weighted by atomic mass is 10.1. The highest BCUT2D eigenvalue weighted by Gasteiger charge is 2.36. The number of imide groups is 1. The fraction of sp³-hybridized carbons (Fsp3) is 0.207. The smallest absolute Gasteiger partial charge is 0.294 e. The van der Waals surface area contributed by atoms with Gasteiger partial charge in [0.15, 0.2) is 0 Å². The summed E-state index contributed by atoms with van der Waals surface area (Å²) < 4.78 is 12.2. The number of amides is 3. The summed E-state index contributed by atoms with van der Waals surface area (Å²) in [6, 6.07) is 22.7. The van der Waals surface area contributed by atoms with E-state index in [1.165, 1.54) is 0 Å². The number of nitrogens with zero attached hydrogens (tertiary/aromatic N) is 2. The van der Waals surface area contributed by atoms with Crippen LogP contribution in [0.25, 0.3) is 6.08 Å². The van der Waals surface area contributed by atoms with Crippen LogP contribution in [0.1, 0.15) is 11.1 Å². The van der Waals surface area contributed by atoms with Gasteiger partial charge in [0, 0.05) is 23.1 Å².